The quantitative estimate of drug-likeness (QED) is 0.353. The second kappa shape index (κ2) is 5.07. The van der Waals surface area contributed by atoms with Gasteiger partial charge in [0.1, 0.15) is 0 Å². The molecule has 1 aliphatic carbocycles. The Labute approximate surface area is 74.1 Å². The van der Waals surface area contributed by atoms with Crippen molar-refractivity contribution < 1.29 is 4.79 Å². The summed E-state index contributed by atoms with van der Waals surface area (Å²) in [7, 11) is 0. The van der Waals surface area contributed by atoms with Crippen LogP contribution in [0, 0.1) is 5.92 Å². The van der Waals surface area contributed by atoms with Crippen LogP contribution in [0.15, 0.2) is 4.99 Å². The molecule has 0 radical (unpaired) electrons. The summed E-state index contributed by atoms with van der Waals surface area (Å²) in [6, 6.07) is 0. The standard InChI is InChI=1S/C10H17NO/c1-9(11-8-12)10-6-4-2-3-5-7-10/h8,10H,2-7H2,1H3/b11-9-. The molecule has 1 rings (SSSR count). The van der Waals surface area contributed by atoms with Gasteiger partial charge in [-0.05, 0) is 25.7 Å². The molecule has 0 atom stereocenters. The Kier molecular flexibility index (Phi) is 3.98. The first kappa shape index (κ1) is 9.43. The molecule has 12 heavy (non-hydrogen) atoms. The molecule has 1 fully saturated rings. The highest BCUT2D eigenvalue weighted by atomic mass is 16.1. The van der Waals surface area contributed by atoms with E-state index in [2.05, 4.69) is 4.99 Å². The van der Waals surface area contributed by atoms with E-state index in [0.29, 0.717) is 12.3 Å². The lowest BCUT2D eigenvalue weighted by Gasteiger charge is -2.11. The van der Waals surface area contributed by atoms with Gasteiger partial charge in [-0.3, -0.25) is 4.79 Å². The summed E-state index contributed by atoms with van der Waals surface area (Å²) in [6.07, 6.45) is 8.43. The molecule has 1 saturated carbocycles. The van der Waals surface area contributed by atoms with Crippen LogP contribution in [0.3, 0.4) is 0 Å². The number of hydrogen-bond acceptors (Lipinski definition) is 1. The van der Waals surface area contributed by atoms with Gasteiger partial charge in [0.2, 0.25) is 6.41 Å². The fraction of sp³-hybridized carbons (Fsp3) is 0.800. The Bertz CT molecular complexity index is 167. The summed E-state index contributed by atoms with van der Waals surface area (Å²) >= 11 is 0. The molecule has 2 heteroatoms. The maximum atomic E-state index is 10.2. The Balaban J connectivity index is 2.47. The number of aliphatic imine (C=N–C) groups is 1. The van der Waals surface area contributed by atoms with Crippen molar-refractivity contribution >= 4 is 12.1 Å². The van der Waals surface area contributed by atoms with Gasteiger partial charge in [0.25, 0.3) is 0 Å². The lowest BCUT2D eigenvalue weighted by molar-refractivity contribution is -0.106. The number of rotatable bonds is 2. The predicted octanol–water partition coefficient (Wildman–Crippen LogP) is 2.57. The Morgan fingerprint density at radius 1 is 1.25 bits per heavy atom. The molecule has 1 aliphatic rings. The fourth-order valence-electron chi connectivity index (χ4n) is 1.89. The summed E-state index contributed by atoms with van der Waals surface area (Å²) in [6.45, 7) is 1.98. The zero-order chi connectivity index (χ0) is 8.81. The molecule has 0 heterocycles. The normalized spacial score (nSPS) is 21.9. The van der Waals surface area contributed by atoms with E-state index in [1.165, 1.54) is 38.5 Å². The van der Waals surface area contributed by atoms with Crippen molar-refractivity contribution in [2.24, 2.45) is 10.9 Å². The molecular formula is C10H17NO. The third kappa shape index (κ3) is 2.76. The van der Waals surface area contributed by atoms with Crippen LogP contribution in [0.25, 0.3) is 0 Å². The summed E-state index contributed by atoms with van der Waals surface area (Å²) in [5.41, 5.74) is 1.03. The molecule has 1 amide bonds. The van der Waals surface area contributed by atoms with Gasteiger partial charge in [0.05, 0.1) is 0 Å². The minimum absolute atomic E-state index is 0.581. The maximum Gasteiger partial charge on any atom is 0.232 e. The SMILES string of the molecule is C/C(=N/C=O)C1CCCCCC1. The number of hydrogen-bond donors (Lipinski definition) is 0. The van der Waals surface area contributed by atoms with Crippen molar-refractivity contribution in [3.63, 3.8) is 0 Å². The van der Waals surface area contributed by atoms with Crippen molar-refractivity contribution in [3.8, 4) is 0 Å². The van der Waals surface area contributed by atoms with Crippen LogP contribution in [0.4, 0.5) is 0 Å². The summed E-state index contributed by atoms with van der Waals surface area (Å²) in [5.74, 6) is 0.581. The van der Waals surface area contributed by atoms with Gasteiger partial charge >= 0.3 is 0 Å². The summed E-state index contributed by atoms with van der Waals surface area (Å²) in [5, 5.41) is 0. The van der Waals surface area contributed by atoms with E-state index in [-0.39, 0.29) is 0 Å². The van der Waals surface area contributed by atoms with Crippen LogP contribution in [-0.2, 0) is 4.79 Å². The summed E-state index contributed by atoms with van der Waals surface area (Å²) in [4.78, 5) is 14.0. The smallest absolute Gasteiger partial charge is 0.232 e. The van der Waals surface area contributed by atoms with Gasteiger partial charge in [-0.2, -0.15) is 0 Å². The molecule has 0 aromatic carbocycles. The fourth-order valence-corrected chi connectivity index (χ4v) is 1.89. The minimum atomic E-state index is 0.581. The molecule has 0 N–H and O–H groups in total. The highest BCUT2D eigenvalue weighted by Crippen LogP contribution is 2.23. The molecule has 0 bridgehead atoms. The largest absolute Gasteiger partial charge is 0.276 e. The first-order valence-electron chi connectivity index (χ1n) is 4.82. The highest BCUT2D eigenvalue weighted by Gasteiger charge is 2.14. The van der Waals surface area contributed by atoms with Crippen LogP contribution in [0.5, 0.6) is 0 Å². The molecule has 0 spiro atoms. The average molecular weight is 167 g/mol. The van der Waals surface area contributed by atoms with Crippen LogP contribution in [0.1, 0.15) is 45.4 Å². The molecule has 0 aromatic heterocycles. The first-order chi connectivity index (χ1) is 5.84. The number of nitrogens with zero attached hydrogens (tertiary/aromatic N) is 1. The Morgan fingerprint density at radius 3 is 2.33 bits per heavy atom. The van der Waals surface area contributed by atoms with Crippen LogP contribution in [0.2, 0.25) is 0 Å². The van der Waals surface area contributed by atoms with Gasteiger partial charge in [-0.1, -0.05) is 25.7 Å². The third-order valence-corrected chi connectivity index (χ3v) is 2.70. The number of carbonyl (C=O) groups is 1. The van der Waals surface area contributed by atoms with E-state index in [1.807, 2.05) is 6.92 Å². The zero-order valence-corrected chi connectivity index (χ0v) is 7.75. The zero-order valence-electron chi connectivity index (χ0n) is 7.75. The average Bonchev–Trinajstić information content (AvgIpc) is 2.32. The third-order valence-electron chi connectivity index (χ3n) is 2.70. The molecule has 0 unspecified atom stereocenters. The lowest BCUT2D eigenvalue weighted by Crippen LogP contribution is -2.10. The van der Waals surface area contributed by atoms with Gasteiger partial charge in [0.15, 0.2) is 0 Å². The molecular weight excluding hydrogens is 150 g/mol. The first-order valence-corrected chi connectivity index (χ1v) is 4.82. The molecule has 2 nitrogen and oxygen atoms in total. The van der Waals surface area contributed by atoms with Gasteiger partial charge in [-0.15, -0.1) is 0 Å². The van der Waals surface area contributed by atoms with E-state index >= 15 is 0 Å². The van der Waals surface area contributed by atoms with E-state index < -0.39 is 0 Å². The van der Waals surface area contributed by atoms with Crippen LogP contribution >= 0.6 is 0 Å². The molecule has 0 aliphatic heterocycles. The number of amides is 1. The Morgan fingerprint density at radius 2 is 1.83 bits per heavy atom. The van der Waals surface area contributed by atoms with Crippen LogP contribution in [-0.4, -0.2) is 12.1 Å². The maximum absolute atomic E-state index is 10.2. The van der Waals surface area contributed by atoms with Gasteiger partial charge in [-0.25, -0.2) is 4.99 Å². The topological polar surface area (TPSA) is 29.4 Å². The second-order valence-electron chi connectivity index (χ2n) is 3.56. The lowest BCUT2D eigenvalue weighted by atomic mass is 9.96. The summed E-state index contributed by atoms with van der Waals surface area (Å²) < 4.78 is 0. The Hall–Kier alpha value is -0.660. The van der Waals surface area contributed by atoms with Crippen molar-refractivity contribution in [2.75, 3.05) is 0 Å². The van der Waals surface area contributed by atoms with Crippen LogP contribution < -0.4 is 0 Å². The van der Waals surface area contributed by atoms with Crippen molar-refractivity contribution in [3.05, 3.63) is 0 Å². The predicted molar refractivity (Wildman–Crippen MR) is 50.4 cm³/mol. The van der Waals surface area contributed by atoms with Crippen molar-refractivity contribution in [2.45, 2.75) is 45.4 Å². The number of carbonyl (C=O) groups excluding carboxylic acids is 1. The second-order valence-corrected chi connectivity index (χ2v) is 3.56. The van der Waals surface area contributed by atoms with E-state index in [1.54, 1.807) is 0 Å². The van der Waals surface area contributed by atoms with Crippen molar-refractivity contribution in [1.82, 2.24) is 0 Å². The monoisotopic (exact) mass is 167 g/mol. The minimum Gasteiger partial charge on any atom is -0.276 e. The molecule has 0 aromatic rings. The van der Waals surface area contributed by atoms with E-state index in [4.69, 9.17) is 0 Å². The van der Waals surface area contributed by atoms with Crippen molar-refractivity contribution in [1.29, 1.82) is 0 Å². The van der Waals surface area contributed by atoms with Gasteiger partial charge < -0.3 is 0 Å². The highest BCUT2D eigenvalue weighted by molar-refractivity contribution is 5.89. The van der Waals surface area contributed by atoms with E-state index in [0.717, 1.165) is 5.71 Å². The van der Waals surface area contributed by atoms with E-state index in [9.17, 15) is 4.79 Å². The van der Waals surface area contributed by atoms with Gasteiger partial charge in [0, 0.05) is 5.71 Å². The molecule has 68 valence electrons. The molecule has 0 saturated heterocycles.